The Bertz CT molecular complexity index is 1070. The van der Waals surface area contributed by atoms with Crippen LogP contribution < -0.4 is 15.5 Å². The highest BCUT2D eigenvalue weighted by Crippen LogP contribution is 2.20. The number of carbonyl (C=O) groups is 2. The Balaban J connectivity index is 1.48. The second kappa shape index (κ2) is 10.4. The third-order valence-corrected chi connectivity index (χ3v) is 4.45. The van der Waals surface area contributed by atoms with Gasteiger partial charge in [-0.2, -0.15) is 5.10 Å². The predicted octanol–water partition coefficient (Wildman–Crippen LogP) is 4.66. The summed E-state index contributed by atoms with van der Waals surface area (Å²) in [7, 11) is 0. The highest BCUT2D eigenvalue weighted by atomic mass is 35.5. The van der Waals surface area contributed by atoms with E-state index < -0.39 is 11.8 Å². The van der Waals surface area contributed by atoms with Crippen LogP contribution in [0.25, 0.3) is 0 Å². The molecule has 0 saturated heterocycles. The lowest BCUT2D eigenvalue weighted by molar-refractivity contribution is -0.136. The number of hydrogen-bond acceptors (Lipinski definition) is 4. The quantitative estimate of drug-likeness (QED) is 0.331. The molecule has 152 valence electrons. The minimum absolute atomic E-state index is 0.333. The summed E-state index contributed by atoms with van der Waals surface area (Å²) in [5.74, 6) is -1.10. The van der Waals surface area contributed by atoms with Gasteiger partial charge >= 0.3 is 11.8 Å². The number of rotatable bonds is 6. The molecule has 3 aromatic carbocycles. The van der Waals surface area contributed by atoms with Crippen molar-refractivity contribution in [3.8, 4) is 5.75 Å². The minimum Gasteiger partial charge on any atom is -0.489 e. The fraction of sp³-hybridized carbons (Fsp3) is 0.0455. The number of carbonyl (C=O) groups excluding carboxylic acids is 2. The monoisotopic (exact) mass is 441 g/mol. The van der Waals surface area contributed by atoms with Gasteiger partial charge in [-0.05, 0) is 59.7 Å². The molecular weight excluding hydrogens is 425 g/mol. The van der Waals surface area contributed by atoms with Gasteiger partial charge in [-0.15, -0.1) is 0 Å². The van der Waals surface area contributed by atoms with Crippen molar-refractivity contribution in [1.82, 2.24) is 5.43 Å². The van der Waals surface area contributed by atoms with Gasteiger partial charge in [-0.1, -0.05) is 47.5 Å². The Labute approximate surface area is 183 Å². The fourth-order valence-electron chi connectivity index (χ4n) is 2.40. The number of benzene rings is 3. The number of nitrogens with one attached hydrogen (secondary N) is 2. The largest absolute Gasteiger partial charge is 0.489 e. The van der Waals surface area contributed by atoms with E-state index in [4.69, 9.17) is 27.9 Å². The van der Waals surface area contributed by atoms with Crippen LogP contribution in [-0.4, -0.2) is 18.0 Å². The van der Waals surface area contributed by atoms with Gasteiger partial charge in [0, 0.05) is 5.02 Å². The first-order valence-corrected chi connectivity index (χ1v) is 9.63. The predicted molar refractivity (Wildman–Crippen MR) is 118 cm³/mol. The van der Waals surface area contributed by atoms with Crippen LogP contribution in [0.1, 0.15) is 11.1 Å². The SMILES string of the molecule is O=C(N/N=C/c1ccc(OCc2cccc(Cl)c2)cc1)C(=O)Nc1ccccc1Cl. The summed E-state index contributed by atoms with van der Waals surface area (Å²) in [6.45, 7) is 0.393. The van der Waals surface area contributed by atoms with E-state index in [1.54, 1.807) is 54.6 Å². The third kappa shape index (κ3) is 6.34. The lowest BCUT2D eigenvalue weighted by Crippen LogP contribution is -2.32. The lowest BCUT2D eigenvalue weighted by atomic mass is 10.2. The average molecular weight is 442 g/mol. The zero-order valence-corrected chi connectivity index (χ0v) is 17.2. The molecule has 0 aliphatic heterocycles. The number of anilines is 1. The molecule has 0 radical (unpaired) electrons. The molecule has 0 aromatic heterocycles. The van der Waals surface area contributed by atoms with Crippen molar-refractivity contribution in [2.24, 2.45) is 5.10 Å². The highest BCUT2D eigenvalue weighted by molar-refractivity contribution is 6.41. The van der Waals surface area contributed by atoms with E-state index in [0.717, 1.165) is 11.1 Å². The minimum atomic E-state index is -0.910. The molecular formula is C22H17Cl2N3O3. The molecule has 0 unspecified atom stereocenters. The Kier molecular flexibility index (Phi) is 7.43. The molecule has 0 atom stereocenters. The van der Waals surface area contributed by atoms with Crippen LogP contribution in [0.2, 0.25) is 10.0 Å². The van der Waals surface area contributed by atoms with E-state index in [2.05, 4.69) is 15.8 Å². The van der Waals surface area contributed by atoms with Gasteiger partial charge in [0.2, 0.25) is 0 Å². The second-order valence-electron chi connectivity index (χ2n) is 6.12. The van der Waals surface area contributed by atoms with Gasteiger partial charge in [0.1, 0.15) is 12.4 Å². The maximum Gasteiger partial charge on any atom is 0.329 e. The fourth-order valence-corrected chi connectivity index (χ4v) is 2.80. The zero-order chi connectivity index (χ0) is 21.3. The molecule has 3 rings (SSSR count). The van der Waals surface area contributed by atoms with Gasteiger partial charge in [0.15, 0.2) is 0 Å². The first kappa shape index (κ1) is 21.4. The van der Waals surface area contributed by atoms with Crippen LogP contribution >= 0.6 is 23.2 Å². The summed E-state index contributed by atoms with van der Waals surface area (Å²) < 4.78 is 5.71. The molecule has 6 nitrogen and oxygen atoms in total. The number of nitrogens with zero attached hydrogens (tertiary/aromatic N) is 1. The smallest absolute Gasteiger partial charge is 0.329 e. The Morgan fingerprint density at radius 1 is 0.933 bits per heavy atom. The van der Waals surface area contributed by atoms with Gasteiger partial charge in [-0.25, -0.2) is 5.43 Å². The van der Waals surface area contributed by atoms with Crippen molar-refractivity contribution in [3.05, 3.63) is 94.0 Å². The average Bonchev–Trinajstić information content (AvgIpc) is 2.75. The Morgan fingerprint density at radius 2 is 1.70 bits per heavy atom. The van der Waals surface area contributed by atoms with Crippen LogP contribution in [-0.2, 0) is 16.2 Å². The van der Waals surface area contributed by atoms with Crippen molar-refractivity contribution < 1.29 is 14.3 Å². The molecule has 0 fully saturated rings. The number of amides is 2. The molecule has 2 N–H and O–H groups in total. The highest BCUT2D eigenvalue weighted by Gasteiger charge is 2.14. The lowest BCUT2D eigenvalue weighted by Gasteiger charge is -2.07. The summed E-state index contributed by atoms with van der Waals surface area (Å²) in [5, 5.41) is 7.19. The molecule has 30 heavy (non-hydrogen) atoms. The number of ether oxygens (including phenoxy) is 1. The van der Waals surface area contributed by atoms with E-state index in [0.29, 0.717) is 28.1 Å². The molecule has 3 aromatic rings. The number of halogens is 2. The third-order valence-electron chi connectivity index (χ3n) is 3.88. The maximum absolute atomic E-state index is 11.9. The van der Waals surface area contributed by atoms with Gasteiger partial charge in [0.25, 0.3) is 0 Å². The van der Waals surface area contributed by atoms with E-state index in [1.165, 1.54) is 6.21 Å². The molecule has 0 aliphatic rings. The molecule has 0 spiro atoms. The van der Waals surface area contributed by atoms with Crippen LogP contribution in [0.4, 0.5) is 5.69 Å². The summed E-state index contributed by atoms with van der Waals surface area (Å²) in [5.41, 5.74) is 4.20. The zero-order valence-electron chi connectivity index (χ0n) is 15.6. The van der Waals surface area contributed by atoms with Gasteiger partial charge in [0.05, 0.1) is 16.9 Å². The molecule has 0 aliphatic carbocycles. The summed E-state index contributed by atoms with van der Waals surface area (Å²) in [6.07, 6.45) is 1.42. The van der Waals surface area contributed by atoms with Crippen molar-refractivity contribution >= 4 is 46.9 Å². The van der Waals surface area contributed by atoms with Crippen molar-refractivity contribution in [2.45, 2.75) is 6.61 Å². The standard InChI is InChI=1S/C22H17Cl2N3O3/c23-17-5-3-4-16(12-17)14-30-18-10-8-15(9-11-18)13-25-27-22(29)21(28)26-20-7-2-1-6-19(20)24/h1-13H,14H2,(H,26,28)(H,27,29)/b25-13+. The van der Waals surface area contributed by atoms with Crippen molar-refractivity contribution in [2.75, 3.05) is 5.32 Å². The van der Waals surface area contributed by atoms with E-state index in [1.807, 2.05) is 18.2 Å². The summed E-state index contributed by atoms with van der Waals surface area (Å²) >= 11 is 11.9. The topological polar surface area (TPSA) is 79.8 Å². The van der Waals surface area contributed by atoms with Crippen molar-refractivity contribution in [3.63, 3.8) is 0 Å². The number of para-hydroxylation sites is 1. The van der Waals surface area contributed by atoms with Crippen LogP contribution in [0.3, 0.4) is 0 Å². The normalized spacial score (nSPS) is 10.6. The van der Waals surface area contributed by atoms with Gasteiger partial charge in [-0.3, -0.25) is 9.59 Å². The molecule has 2 amide bonds. The molecule has 8 heteroatoms. The van der Waals surface area contributed by atoms with Crippen LogP contribution in [0.15, 0.2) is 77.9 Å². The number of hydrazone groups is 1. The Morgan fingerprint density at radius 3 is 2.43 bits per heavy atom. The van der Waals surface area contributed by atoms with E-state index >= 15 is 0 Å². The Hall–Kier alpha value is -3.35. The van der Waals surface area contributed by atoms with E-state index in [-0.39, 0.29) is 0 Å². The second-order valence-corrected chi connectivity index (χ2v) is 6.96. The summed E-state index contributed by atoms with van der Waals surface area (Å²) in [6, 6.07) is 21.1. The summed E-state index contributed by atoms with van der Waals surface area (Å²) in [4.78, 5) is 23.7. The molecule has 0 heterocycles. The molecule has 0 bridgehead atoms. The van der Waals surface area contributed by atoms with Gasteiger partial charge < -0.3 is 10.1 Å². The maximum atomic E-state index is 11.9. The molecule has 0 saturated carbocycles. The van der Waals surface area contributed by atoms with Crippen molar-refractivity contribution in [1.29, 1.82) is 0 Å². The van der Waals surface area contributed by atoms with Crippen LogP contribution in [0.5, 0.6) is 5.75 Å². The number of hydrogen-bond donors (Lipinski definition) is 2. The first-order chi connectivity index (χ1) is 14.5. The van der Waals surface area contributed by atoms with E-state index in [9.17, 15) is 9.59 Å². The first-order valence-electron chi connectivity index (χ1n) is 8.87. The van der Waals surface area contributed by atoms with Crippen LogP contribution in [0, 0.1) is 0 Å².